The van der Waals surface area contributed by atoms with Crippen molar-refractivity contribution < 1.29 is 8.42 Å². The van der Waals surface area contributed by atoms with Gasteiger partial charge in [0, 0.05) is 9.50 Å². The molecule has 0 bridgehead atoms. The Kier molecular flexibility index (Phi) is 6.59. The SMILES string of the molecule is CNCCCCS(=O)(=O)Nc1cc(Cl)c(C)cc1Br. The van der Waals surface area contributed by atoms with Crippen LogP contribution in [0.25, 0.3) is 0 Å². The summed E-state index contributed by atoms with van der Waals surface area (Å²) in [5.41, 5.74) is 1.37. The third-order valence-corrected chi connectivity index (χ3v) is 5.02. The molecule has 0 aliphatic carbocycles. The molecular formula is C12H18BrClN2O2S. The first-order valence-electron chi connectivity index (χ1n) is 5.96. The summed E-state index contributed by atoms with van der Waals surface area (Å²) < 4.78 is 27.1. The second kappa shape index (κ2) is 7.47. The fourth-order valence-corrected chi connectivity index (χ4v) is 3.58. The number of aryl methyl sites for hydroxylation is 1. The zero-order valence-electron chi connectivity index (χ0n) is 11.0. The Labute approximate surface area is 128 Å². The van der Waals surface area contributed by atoms with Crippen molar-refractivity contribution >= 4 is 43.2 Å². The smallest absolute Gasteiger partial charge is 0.232 e. The molecule has 1 rings (SSSR count). The van der Waals surface area contributed by atoms with Crippen LogP contribution in [0.1, 0.15) is 18.4 Å². The molecule has 0 spiro atoms. The van der Waals surface area contributed by atoms with E-state index in [-0.39, 0.29) is 5.75 Å². The van der Waals surface area contributed by atoms with Crippen molar-refractivity contribution in [2.75, 3.05) is 24.1 Å². The number of anilines is 1. The minimum Gasteiger partial charge on any atom is -0.320 e. The van der Waals surface area contributed by atoms with Crippen LogP contribution < -0.4 is 10.0 Å². The second-order valence-electron chi connectivity index (χ2n) is 4.31. The van der Waals surface area contributed by atoms with Crippen LogP contribution in [-0.2, 0) is 10.0 Å². The summed E-state index contributed by atoms with van der Waals surface area (Å²) in [6, 6.07) is 3.41. The predicted molar refractivity (Wildman–Crippen MR) is 84.5 cm³/mol. The van der Waals surface area contributed by atoms with Crippen LogP contribution in [0.5, 0.6) is 0 Å². The molecule has 0 heterocycles. The van der Waals surface area contributed by atoms with Crippen molar-refractivity contribution in [3.63, 3.8) is 0 Å². The maximum atomic E-state index is 11.9. The van der Waals surface area contributed by atoms with Crippen molar-refractivity contribution in [2.45, 2.75) is 19.8 Å². The average Bonchev–Trinajstić information content (AvgIpc) is 2.31. The van der Waals surface area contributed by atoms with Crippen molar-refractivity contribution in [1.29, 1.82) is 0 Å². The summed E-state index contributed by atoms with van der Waals surface area (Å²) in [4.78, 5) is 0. The summed E-state index contributed by atoms with van der Waals surface area (Å²) >= 11 is 9.33. The number of benzene rings is 1. The fourth-order valence-electron chi connectivity index (χ4n) is 1.54. The lowest BCUT2D eigenvalue weighted by Gasteiger charge is -2.11. The fraction of sp³-hybridized carbons (Fsp3) is 0.500. The van der Waals surface area contributed by atoms with Crippen LogP contribution >= 0.6 is 27.5 Å². The number of hydrogen-bond donors (Lipinski definition) is 2. The maximum Gasteiger partial charge on any atom is 0.232 e. The van der Waals surface area contributed by atoms with Gasteiger partial charge in [0.2, 0.25) is 10.0 Å². The van der Waals surface area contributed by atoms with Gasteiger partial charge in [-0.05, 0) is 67.0 Å². The average molecular weight is 370 g/mol. The molecule has 0 aromatic heterocycles. The largest absolute Gasteiger partial charge is 0.320 e. The first kappa shape index (κ1) is 16.8. The van der Waals surface area contributed by atoms with Crippen LogP contribution in [0.3, 0.4) is 0 Å². The Balaban J connectivity index is 2.70. The van der Waals surface area contributed by atoms with Crippen molar-refractivity contribution in [2.24, 2.45) is 0 Å². The lowest BCUT2D eigenvalue weighted by molar-refractivity contribution is 0.595. The van der Waals surface area contributed by atoms with E-state index in [0.717, 1.165) is 18.5 Å². The van der Waals surface area contributed by atoms with Gasteiger partial charge in [0.25, 0.3) is 0 Å². The van der Waals surface area contributed by atoms with Crippen LogP contribution in [0.4, 0.5) is 5.69 Å². The summed E-state index contributed by atoms with van der Waals surface area (Å²) in [6.45, 7) is 2.68. The molecule has 0 atom stereocenters. The lowest BCUT2D eigenvalue weighted by atomic mass is 10.2. The Morgan fingerprint density at radius 1 is 1.32 bits per heavy atom. The summed E-state index contributed by atoms with van der Waals surface area (Å²) in [5.74, 6) is 0.104. The number of halogens is 2. The molecule has 4 nitrogen and oxygen atoms in total. The highest BCUT2D eigenvalue weighted by Crippen LogP contribution is 2.29. The molecule has 0 unspecified atom stereocenters. The van der Waals surface area contributed by atoms with Crippen molar-refractivity contribution in [1.82, 2.24) is 5.32 Å². The monoisotopic (exact) mass is 368 g/mol. The summed E-state index contributed by atoms with van der Waals surface area (Å²) in [5, 5.41) is 3.52. The Morgan fingerprint density at radius 3 is 2.63 bits per heavy atom. The lowest BCUT2D eigenvalue weighted by Crippen LogP contribution is -2.18. The number of sulfonamides is 1. The molecular weight excluding hydrogens is 352 g/mol. The normalized spacial score (nSPS) is 11.6. The molecule has 19 heavy (non-hydrogen) atoms. The molecule has 1 aromatic rings. The molecule has 0 saturated heterocycles. The van der Waals surface area contributed by atoms with E-state index in [9.17, 15) is 8.42 Å². The topological polar surface area (TPSA) is 58.2 Å². The van der Waals surface area contributed by atoms with Crippen molar-refractivity contribution in [3.8, 4) is 0 Å². The van der Waals surface area contributed by atoms with Crippen LogP contribution in [0, 0.1) is 6.92 Å². The molecule has 0 aliphatic heterocycles. The molecule has 7 heteroatoms. The third-order valence-electron chi connectivity index (χ3n) is 2.60. The van der Waals surface area contributed by atoms with E-state index < -0.39 is 10.0 Å². The Bertz CT molecular complexity index is 535. The van der Waals surface area contributed by atoms with Gasteiger partial charge >= 0.3 is 0 Å². The number of hydrogen-bond acceptors (Lipinski definition) is 3. The first-order valence-corrected chi connectivity index (χ1v) is 8.79. The standard InChI is InChI=1S/C12H18BrClN2O2S/c1-9-7-10(13)12(8-11(9)14)16-19(17,18)6-4-3-5-15-2/h7-8,15-16H,3-6H2,1-2H3. The highest BCUT2D eigenvalue weighted by Gasteiger charge is 2.13. The number of rotatable bonds is 7. The minimum absolute atomic E-state index is 0.104. The molecule has 108 valence electrons. The molecule has 0 saturated carbocycles. The van der Waals surface area contributed by atoms with Crippen LogP contribution in [0.15, 0.2) is 16.6 Å². The van der Waals surface area contributed by atoms with Gasteiger partial charge in [0.15, 0.2) is 0 Å². The van der Waals surface area contributed by atoms with Gasteiger partial charge in [-0.2, -0.15) is 0 Å². The highest BCUT2D eigenvalue weighted by molar-refractivity contribution is 9.10. The summed E-state index contributed by atoms with van der Waals surface area (Å²) in [6.07, 6.45) is 1.45. The Hall–Kier alpha value is -0.300. The molecule has 0 aliphatic rings. The molecule has 0 fully saturated rings. The first-order chi connectivity index (χ1) is 8.85. The predicted octanol–water partition coefficient (Wildman–Crippen LogP) is 3.15. The quantitative estimate of drug-likeness (QED) is 0.726. The van der Waals surface area contributed by atoms with Crippen LogP contribution in [-0.4, -0.2) is 27.8 Å². The number of unbranched alkanes of at least 4 members (excludes halogenated alkanes) is 1. The van der Waals surface area contributed by atoms with E-state index >= 15 is 0 Å². The molecule has 0 radical (unpaired) electrons. The van der Waals surface area contributed by atoms with E-state index in [1.165, 1.54) is 0 Å². The maximum absolute atomic E-state index is 11.9. The van der Waals surface area contributed by atoms with Gasteiger partial charge < -0.3 is 5.32 Å². The van der Waals surface area contributed by atoms with E-state index in [0.29, 0.717) is 21.6 Å². The van der Waals surface area contributed by atoms with Crippen LogP contribution in [0.2, 0.25) is 5.02 Å². The third kappa shape index (κ3) is 5.69. The summed E-state index contributed by atoms with van der Waals surface area (Å²) in [7, 11) is -1.49. The van der Waals surface area contributed by atoms with Gasteiger partial charge in [0.05, 0.1) is 11.4 Å². The van der Waals surface area contributed by atoms with E-state index in [1.54, 1.807) is 12.1 Å². The van der Waals surface area contributed by atoms with Gasteiger partial charge in [-0.15, -0.1) is 0 Å². The van der Waals surface area contributed by atoms with Gasteiger partial charge in [0.1, 0.15) is 0 Å². The zero-order chi connectivity index (χ0) is 14.5. The van der Waals surface area contributed by atoms with Gasteiger partial charge in [-0.25, -0.2) is 8.42 Å². The van der Waals surface area contributed by atoms with E-state index in [1.807, 2.05) is 14.0 Å². The highest BCUT2D eigenvalue weighted by atomic mass is 79.9. The molecule has 1 aromatic carbocycles. The minimum atomic E-state index is -3.33. The van der Waals surface area contributed by atoms with E-state index in [4.69, 9.17) is 11.6 Å². The molecule has 0 amide bonds. The second-order valence-corrected chi connectivity index (χ2v) is 7.42. The molecule has 2 N–H and O–H groups in total. The zero-order valence-corrected chi connectivity index (χ0v) is 14.1. The number of nitrogens with one attached hydrogen (secondary N) is 2. The van der Waals surface area contributed by atoms with Gasteiger partial charge in [-0.1, -0.05) is 11.6 Å². The Morgan fingerprint density at radius 2 is 2.00 bits per heavy atom. The van der Waals surface area contributed by atoms with Gasteiger partial charge in [-0.3, -0.25) is 4.72 Å². The van der Waals surface area contributed by atoms with E-state index in [2.05, 4.69) is 26.0 Å². The van der Waals surface area contributed by atoms with Crippen molar-refractivity contribution in [3.05, 3.63) is 27.2 Å².